The molecule has 30 heavy (non-hydrogen) atoms. The summed E-state index contributed by atoms with van der Waals surface area (Å²) < 4.78 is 0. The standard InChI is InChI=1S/C24H20ClN3O2/c25-18-12-10-17(11-13-18)23(29)28-21-19-8-4-5-9-20(19)27-22(21)24(30)26-15-14-16-6-2-1-3-7-16/h1-13,27H,14-15H2,(H,26,30)(H,28,29). The van der Waals surface area contributed by atoms with Crippen LogP contribution in [0.3, 0.4) is 0 Å². The Morgan fingerprint density at radius 3 is 2.30 bits per heavy atom. The number of rotatable bonds is 6. The van der Waals surface area contributed by atoms with Gasteiger partial charge >= 0.3 is 0 Å². The van der Waals surface area contributed by atoms with Crippen LogP contribution >= 0.6 is 11.6 Å². The van der Waals surface area contributed by atoms with Gasteiger partial charge in [-0.25, -0.2) is 0 Å². The van der Waals surface area contributed by atoms with Crippen molar-refractivity contribution in [2.75, 3.05) is 11.9 Å². The molecule has 4 rings (SSSR count). The van der Waals surface area contributed by atoms with Gasteiger partial charge in [0.15, 0.2) is 0 Å². The minimum Gasteiger partial charge on any atom is -0.350 e. The summed E-state index contributed by atoms with van der Waals surface area (Å²) in [5.74, 6) is -0.580. The van der Waals surface area contributed by atoms with Gasteiger partial charge in [-0.1, -0.05) is 60.1 Å². The molecule has 0 radical (unpaired) electrons. The van der Waals surface area contributed by atoms with Crippen LogP contribution in [0.25, 0.3) is 10.9 Å². The SMILES string of the molecule is O=C(Nc1c(C(=O)NCCc2ccccc2)[nH]c2ccccc12)c1ccc(Cl)cc1. The molecule has 0 spiro atoms. The molecule has 0 fully saturated rings. The van der Waals surface area contributed by atoms with E-state index < -0.39 is 0 Å². The van der Waals surface area contributed by atoms with E-state index in [1.165, 1.54) is 0 Å². The smallest absolute Gasteiger partial charge is 0.269 e. The first-order valence-electron chi connectivity index (χ1n) is 9.61. The lowest BCUT2D eigenvalue weighted by Gasteiger charge is -2.09. The molecule has 1 aromatic heterocycles. The first-order valence-corrected chi connectivity index (χ1v) is 9.99. The zero-order valence-corrected chi connectivity index (χ0v) is 16.9. The molecule has 0 atom stereocenters. The molecule has 0 saturated carbocycles. The summed E-state index contributed by atoms with van der Waals surface area (Å²) in [6.07, 6.45) is 0.722. The summed E-state index contributed by atoms with van der Waals surface area (Å²) in [6, 6.07) is 24.0. The number of H-pyrrole nitrogens is 1. The van der Waals surface area contributed by atoms with Gasteiger partial charge in [-0.2, -0.15) is 0 Å². The minimum absolute atomic E-state index is 0.270. The number of fused-ring (bicyclic) bond motifs is 1. The molecule has 0 unspecified atom stereocenters. The monoisotopic (exact) mass is 417 g/mol. The van der Waals surface area contributed by atoms with Gasteiger partial charge in [-0.15, -0.1) is 0 Å². The van der Waals surface area contributed by atoms with Gasteiger partial charge in [0.2, 0.25) is 0 Å². The lowest BCUT2D eigenvalue weighted by Crippen LogP contribution is -2.27. The van der Waals surface area contributed by atoms with Crippen LogP contribution in [0.15, 0.2) is 78.9 Å². The van der Waals surface area contributed by atoms with E-state index in [0.29, 0.717) is 28.5 Å². The predicted molar refractivity (Wildman–Crippen MR) is 120 cm³/mol. The highest BCUT2D eigenvalue weighted by atomic mass is 35.5. The van der Waals surface area contributed by atoms with E-state index in [0.717, 1.165) is 22.9 Å². The molecule has 2 amide bonds. The van der Waals surface area contributed by atoms with E-state index in [9.17, 15) is 9.59 Å². The number of nitrogens with one attached hydrogen (secondary N) is 3. The maximum Gasteiger partial charge on any atom is 0.269 e. The van der Waals surface area contributed by atoms with Crippen molar-refractivity contribution >= 4 is 40.0 Å². The molecular formula is C24H20ClN3O2. The number of halogens is 1. The number of hydrogen-bond donors (Lipinski definition) is 3. The van der Waals surface area contributed by atoms with E-state index in [4.69, 9.17) is 11.6 Å². The summed E-state index contributed by atoms with van der Waals surface area (Å²) in [5.41, 5.74) is 3.16. The van der Waals surface area contributed by atoms with Crippen molar-refractivity contribution in [2.24, 2.45) is 0 Å². The van der Waals surface area contributed by atoms with Crippen molar-refractivity contribution in [2.45, 2.75) is 6.42 Å². The fourth-order valence-corrected chi connectivity index (χ4v) is 3.41. The Kier molecular flexibility index (Phi) is 5.82. The van der Waals surface area contributed by atoms with Crippen LogP contribution in [0.1, 0.15) is 26.4 Å². The average molecular weight is 418 g/mol. The Labute approximate surface area is 179 Å². The number of benzene rings is 3. The summed E-state index contributed by atoms with van der Waals surface area (Å²) >= 11 is 5.91. The molecule has 0 bridgehead atoms. The largest absolute Gasteiger partial charge is 0.350 e. The summed E-state index contributed by atoms with van der Waals surface area (Å²) in [6.45, 7) is 0.489. The highest BCUT2D eigenvalue weighted by molar-refractivity contribution is 6.30. The van der Waals surface area contributed by atoms with Crippen LogP contribution in [0.4, 0.5) is 5.69 Å². The van der Waals surface area contributed by atoms with E-state index >= 15 is 0 Å². The van der Waals surface area contributed by atoms with Crippen molar-refractivity contribution < 1.29 is 9.59 Å². The molecule has 0 saturated heterocycles. The zero-order chi connectivity index (χ0) is 20.9. The molecule has 0 aliphatic heterocycles. The molecule has 6 heteroatoms. The minimum atomic E-state index is -0.310. The number of para-hydroxylation sites is 1. The van der Waals surface area contributed by atoms with E-state index in [1.807, 2.05) is 54.6 Å². The number of carbonyl (C=O) groups excluding carboxylic acids is 2. The van der Waals surface area contributed by atoms with Gasteiger partial charge in [0, 0.05) is 28.0 Å². The highest BCUT2D eigenvalue weighted by Gasteiger charge is 2.20. The van der Waals surface area contributed by atoms with Gasteiger partial charge in [0.25, 0.3) is 11.8 Å². The number of amides is 2. The molecule has 150 valence electrons. The van der Waals surface area contributed by atoms with Crippen LogP contribution in [0, 0.1) is 0 Å². The Morgan fingerprint density at radius 2 is 1.53 bits per heavy atom. The zero-order valence-electron chi connectivity index (χ0n) is 16.1. The van der Waals surface area contributed by atoms with Crippen molar-refractivity contribution in [3.8, 4) is 0 Å². The number of aromatic nitrogens is 1. The molecular weight excluding hydrogens is 398 g/mol. The quantitative estimate of drug-likeness (QED) is 0.411. The Morgan fingerprint density at radius 1 is 0.833 bits per heavy atom. The second-order valence-electron chi connectivity index (χ2n) is 6.87. The molecule has 3 N–H and O–H groups in total. The third-order valence-corrected chi connectivity index (χ3v) is 5.07. The maximum atomic E-state index is 12.9. The van der Waals surface area contributed by atoms with Crippen LogP contribution in [0.2, 0.25) is 5.02 Å². The number of hydrogen-bond acceptors (Lipinski definition) is 2. The highest BCUT2D eigenvalue weighted by Crippen LogP contribution is 2.28. The van der Waals surface area contributed by atoms with Gasteiger partial charge in [-0.3, -0.25) is 9.59 Å². The van der Waals surface area contributed by atoms with Crippen LogP contribution in [-0.4, -0.2) is 23.3 Å². The number of aromatic amines is 1. The lowest BCUT2D eigenvalue weighted by molar-refractivity contribution is 0.0951. The van der Waals surface area contributed by atoms with E-state index in [1.54, 1.807) is 24.3 Å². The first-order chi connectivity index (χ1) is 14.6. The normalized spacial score (nSPS) is 10.7. The number of anilines is 1. The summed E-state index contributed by atoms with van der Waals surface area (Å²) in [4.78, 5) is 28.7. The first kappa shape index (κ1) is 19.7. The second-order valence-corrected chi connectivity index (χ2v) is 7.31. The molecule has 4 aromatic rings. The molecule has 0 aliphatic rings. The fourth-order valence-electron chi connectivity index (χ4n) is 3.28. The third-order valence-electron chi connectivity index (χ3n) is 4.82. The Hall–Kier alpha value is -3.57. The predicted octanol–water partition coefficient (Wildman–Crippen LogP) is 5.05. The van der Waals surface area contributed by atoms with Crippen LogP contribution in [-0.2, 0) is 6.42 Å². The second kappa shape index (κ2) is 8.84. The van der Waals surface area contributed by atoms with E-state index in [2.05, 4.69) is 15.6 Å². The summed E-state index contributed by atoms with van der Waals surface area (Å²) in [7, 11) is 0. The third kappa shape index (κ3) is 4.36. The van der Waals surface area contributed by atoms with Crippen molar-refractivity contribution in [3.63, 3.8) is 0 Å². The molecule has 5 nitrogen and oxygen atoms in total. The average Bonchev–Trinajstić information content (AvgIpc) is 3.13. The van der Waals surface area contributed by atoms with Gasteiger partial charge < -0.3 is 15.6 Å². The van der Waals surface area contributed by atoms with Crippen molar-refractivity contribution in [1.29, 1.82) is 0 Å². The van der Waals surface area contributed by atoms with Gasteiger partial charge in [-0.05, 0) is 42.3 Å². The lowest BCUT2D eigenvalue weighted by atomic mass is 10.1. The topological polar surface area (TPSA) is 74.0 Å². The van der Waals surface area contributed by atoms with E-state index in [-0.39, 0.29) is 11.8 Å². The molecule has 1 heterocycles. The molecule has 3 aromatic carbocycles. The Bertz CT molecular complexity index is 1180. The van der Waals surface area contributed by atoms with Crippen LogP contribution < -0.4 is 10.6 Å². The number of carbonyl (C=O) groups is 2. The van der Waals surface area contributed by atoms with Gasteiger partial charge in [0.1, 0.15) is 5.69 Å². The van der Waals surface area contributed by atoms with Crippen molar-refractivity contribution in [3.05, 3.63) is 101 Å². The fraction of sp³-hybridized carbons (Fsp3) is 0.0833. The Balaban J connectivity index is 1.55. The van der Waals surface area contributed by atoms with Crippen molar-refractivity contribution in [1.82, 2.24) is 10.3 Å². The maximum absolute atomic E-state index is 12.9. The molecule has 0 aliphatic carbocycles. The van der Waals surface area contributed by atoms with Crippen LogP contribution in [0.5, 0.6) is 0 Å². The van der Waals surface area contributed by atoms with Gasteiger partial charge in [0.05, 0.1) is 5.69 Å². The summed E-state index contributed by atoms with van der Waals surface area (Å²) in [5, 5.41) is 7.14.